The Kier molecular flexibility index (Phi) is 8.01. The Morgan fingerprint density at radius 2 is 0.719 bits per heavy atom. The lowest BCUT2D eigenvalue weighted by Crippen LogP contribution is -2.00. The molecule has 0 saturated carbocycles. The molecule has 266 valence electrons. The summed E-state index contributed by atoms with van der Waals surface area (Å²) < 4.78 is 2.59. The van der Waals surface area contributed by atoms with Crippen molar-refractivity contribution in [3.8, 4) is 67.5 Å². The molecule has 0 aliphatic carbocycles. The zero-order valence-corrected chi connectivity index (χ0v) is 31.6. The van der Waals surface area contributed by atoms with E-state index >= 15 is 0 Å². The van der Waals surface area contributed by atoms with Crippen LogP contribution in [0.1, 0.15) is 0 Å². The number of fused-ring (bicyclic) bond motifs is 5. The molecule has 0 radical (unpaired) electrons. The van der Waals surface area contributed by atoms with E-state index in [1.54, 1.807) is 0 Å². The standard InChI is InChI=1S/C53H33N3S/c1-4-14-34(15-5-1)39-28-29-41-33-42(31-30-40(41)32-39)53-55-51(37-18-8-3-9-19-37)54-52(56-53)38-26-24-36(25-27-38)47-43-20-10-11-21-44(43)48(35-16-6-2-7-17-35)50-49(47)45-22-12-13-23-46(45)57-50/h1-33H. The molecule has 0 bridgehead atoms. The van der Waals surface area contributed by atoms with Crippen LogP contribution in [0.5, 0.6) is 0 Å². The second kappa shape index (κ2) is 13.8. The summed E-state index contributed by atoms with van der Waals surface area (Å²) in [6.45, 7) is 0. The van der Waals surface area contributed by atoms with Crippen LogP contribution in [0.25, 0.3) is 109 Å². The van der Waals surface area contributed by atoms with Gasteiger partial charge >= 0.3 is 0 Å². The topological polar surface area (TPSA) is 38.7 Å². The summed E-state index contributed by atoms with van der Waals surface area (Å²) in [6, 6.07) is 71.0. The predicted octanol–water partition coefficient (Wildman–Crippen LogP) is 14.5. The fourth-order valence-corrected chi connectivity index (χ4v) is 9.46. The van der Waals surface area contributed by atoms with Crippen LogP contribution in [0, 0.1) is 0 Å². The fraction of sp³-hybridized carbons (Fsp3) is 0. The van der Waals surface area contributed by atoms with Gasteiger partial charge in [0.2, 0.25) is 0 Å². The van der Waals surface area contributed by atoms with Crippen molar-refractivity contribution in [2.24, 2.45) is 0 Å². The van der Waals surface area contributed by atoms with Gasteiger partial charge in [0.25, 0.3) is 0 Å². The SMILES string of the molecule is c1ccc(-c2ccc3cc(-c4nc(-c5ccccc5)nc(-c5ccc(-c6c7ccccc7c(-c7ccccc7)c7sc8ccccc8c67)cc5)n4)ccc3c2)cc1. The van der Waals surface area contributed by atoms with Gasteiger partial charge in [-0.3, -0.25) is 0 Å². The van der Waals surface area contributed by atoms with Gasteiger partial charge in [-0.15, -0.1) is 11.3 Å². The molecule has 11 rings (SSSR count). The lowest BCUT2D eigenvalue weighted by molar-refractivity contribution is 1.07. The zero-order valence-electron chi connectivity index (χ0n) is 30.8. The predicted molar refractivity (Wildman–Crippen MR) is 240 cm³/mol. The van der Waals surface area contributed by atoms with E-state index in [4.69, 9.17) is 15.0 Å². The second-order valence-corrected chi connectivity index (χ2v) is 15.4. The molecule has 0 unspecified atom stereocenters. The third-order valence-electron chi connectivity index (χ3n) is 10.9. The summed E-state index contributed by atoms with van der Waals surface area (Å²) >= 11 is 1.88. The largest absolute Gasteiger partial charge is 0.208 e. The van der Waals surface area contributed by atoms with E-state index in [0.717, 1.165) is 27.6 Å². The van der Waals surface area contributed by atoms with E-state index in [-0.39, 0.29) is 0 Å². The molecule has 4 heteroatoms. The average molecular weight is 744 g/mol. The Balaban J connectivity index is 1.05. The van der Waals surface area contributed by atoms with Crippen molar-refractivity contribution in [3.05, 3.63) is 200 Å². The Morgan fingerprint density at radius 3 is 1.37 bits per heavy atom. The Hall–Kier alpha value is -7.27. The summed E-state index contributed by atoms with van der Waals surface area (Å²) in [5.74, 6) is 1.93. The van der Waals surface area contributed by atoms with E-state index in [1.807, 2.05) is 35.6 Å². The van der Waals surface area contributed by atoms with Crippen molar-refractivity contribution >= 4 is 53.1 Å². The van der Waals surface area contributed by atoms with Crippen LogP contribution >= 0.6 is 11.3 Å². The van der Waals surface area contributed by atoms with Gasteiger partial charge in [0.05, 0.1) is 0 Å². The van der Waals surface area contributed by atoms with E-state index < -0.39 is 0 Å². The zero-order chi connectivity index (χ0) is 37.7. The quantitative estimate of drug-likeness (QED) is 0.170. The minimum Gasteiger partial charge on any atom is -0.208 e. The number of aromatic nitrogens is 3. The first-order chi connectivity index (χ1) is 28.2. The van der Waals surface area contributed by atoms with E-state index in [0.29, 0.717) is 17.5 Å². The van der Waals surface area contributed by atoms with Crippen molar-refractivity contribution in [1.82, 2.24) is 15.0 Å². The highest BCUT2D eigenvalue weighted by atomic mass is 32.1. The lowest BCUT2D eigenvalue weighted by Gasteiger charge is -2.16. The number of hydrogen-bond donors (Lipinski definition) is 0. The van der Waals surface area contributed by atoms with Crippen molar-refractivity contribution < 1.29 is 0 Å². The molecule has 0 atom stereocenters. The molecule has 0 aliphatic rings. The highest BCUT2D eigenvalue weighted by molar-refractivity contribution is 7.26. The van der Waals surface area contributed by atoms with E-state index in [9.17, 15) is 0 Å². The molecule has 57 heavy (non-hydrogen) atoms. The molecule has 0 N–H and O–H groups in total. The molecular weight excluding hydrogens is 711 g/mol. The van der Waals surface area contributed by atoms with Gasteiger partial charge < -0.3 is 0 Å². The molecule has 3 nitrogen and oxygen atoms in total. The lowest BCUT2D eigenvalue weighted by atomic mass is 9.88. The molecule has 9 aromatic carbocycles. The van der Waals surface area contributed by atoms with Crippen LogP contribution in [-0.4, -0.2) is 15.0 Å². The van der Waals surface area contributed by atoms with E-state index in [1.165, 1.54) is 64.1 Å². The van der Waals surface area contributed by atoms with Gasteiger partial charge in [-0.2, -0.15) is 0 Å². The molecular formula is C53H33N3S. The highest BCUT2D eigenvalue weighted by Gasteiger charge is 2.21. The third-order valence-corrected chi connectivity index (χ3v) is 12.1. The molecule has 0 fully saturated rings. The number of hydrogen-bond acceptors (Lipinski definition) is 4. The van der Waals surface area contributed by atoms with Gasteiger partial charge in [0.15, 0.2) is 17.5 Å². The van der Waals surface area contributed by atoms with Gasteiger partial charge in [-0.25, -0.2) is 15.0 Å². The smallest absolute Gasteiger partial charge is 0.164 e. The summed E-state index contributed by atoms with van der Waals surface area (Å²) in [5, 5.41) is 7.37. The highest BCUT2D eigenvalue weighted by Crippen LogP contribution is 2.50. The third kappa shape index (κ3) is 5.86. The monoisotopic (exact) mass is 743 g/mol. The fourth-order valence-electron chi connectivity index (χ4n) is 8.17. The van der Waals surface area contributed by atoms with Crippen LogP contribution in [0.15, 0.2) is 200 Å². The van der Waals surface area contributed by atoms with Gasteiger partial charge in [0.1, 0.15) is 0 Å². The molecule has 11 aromatic rings. The normalized spacial score (nSPS) is 11.5. The summed E-state index contributed by atoms with van der Waals surface area (Å²) in [6.07, 6.45) is 0. The second-order valence-electron chi connectivity index (χ2n) is 14.4. The van der Waals surface area contributed by atoms with Crippen LogP contribution in [-0.2, 0) is 0 Å². The molecule has 0 saturated heterocycles. The minimum absolute atomic E-state index is 0.639. The average Bonchev–Trinajstić information content (AvgIpc) is 3.67. The van der Waals surface area contributed by atoms with Crippen molar-refractivity contribution in [2.45, 2.75) is 0 Å². The maximum absolute atomic E-state index is 5.13. The van der Waals surface area contributed by atoms with Crippen molar-refractivity contribution in [1.29, 1.82) is 0 Å². The maximum atomic E-state index is 5.13. The van der Waals surface area contributed by atoms with Crippen LogP contribution < -0.4 is 0 Å². The summed E-state index contributed by atoms with van der Waals surface area (Å²) in [4.78, 5) is 15.2. The van der Waals surface area contributed by atoms with Gasteiger partial charge in [-0.05, 0) is 67.6 Å². The van der Waals surface area contributed by atoms with E-state index in [2.05, 4.69) is 176 Å². The molecule has 2 aromatic heterocycles. The molecule has 2 heterocycles. The first-order valence-electron chi connectivity index (χ1n) is 19.2. The Labute approximate surface area is 334 Å². The molecule has 0 amide bonds. The van der Waals surface area contributed by atoms with Crippen molar-refractivity contribution in [3.63, 3.8) is 0 Å². The van der Waals surface area contributed by atoms with Gasteiger partial charge in [0, 0.05) is 42.4 Å². The van der Waals surface area contributed by atoms with Crippen LogP contribution in [0.2, 0.25) is 0 Å². The van der Waals surface area contributed by atoms with Crippen molar-refractivity contribution in [2.75, 3.05) is 0 Å². The van der Waals surface area contributed by atoms with Crippen LogP contribution in [0.4, 0.5) is 0 Å². The first kappa shape index (κ1) is 33.1. The number of rotatable bonds is 6. The minimum atomic E-state index is 0.639. The Bertz CT molecular complexity index is 3260. The van der Waals surface area contributed by atoms with Crippen LogP contribution in [0.3, 0.4) is 0 Å². The first-order valence-corrected chi connectivity index (χ1v) is 20.0. The molecule has 0 aliphatic heterocycles. The number of thiophene rings is 1. The Morgan fingerprint density at radius 1 is 0.298 bits per heavy atom. The maximum Gasteiger partial charge on any atom is 0.164 e. The summed E-state index contributed by atoms with van der Waals surface area (Å²) in [5.41, 5.74) is 10.2. The van der Waals surface area contributed by atoms with Gasteiger partial charge in [-0.1, -0.05) is 182 Å². The summed E-state index contributed by atoms with van der Waals surface area (Å²) in [7, 11) is 0. The molecule has 0 spiro atoms. The number of nitrogens with zero attached hydrogens (tertiary/aromatic N) is 3. The number of benzene rings is 9.